The van der Waals surface area contributed by atoms with Crippen molar-refractivity contribution in [3.63, 3.8) is 0 Å². The average Bonchev–Trinajstić information content (AvgIpc) is 3.28. The Labute approximate surface area is 181 Å². The van der Waals surface area contributed by atoms with E-state index in [0.29, 0.717) is 5.41 Å². The zero-order valence-corrected chi connectivity index (χ0v) is 20.1. The van der Waals surface area contributed by atoms with Crippen molar-refractivity contribution < 1.29 is 0 Å². The average molecular weight is 421 g/mol. The Morgan fingerprint density at radius 1 is 0.821 bits per heavy atom. The number of hydrogen-bond acceptors (Lipinski definition) is 4. The minimum absolute atomic E-state index is 0. The topological polar surface area (TPSA) is 25.2 Å². The van der Waals surface area contributed by atoms with Crippen LogP contribution in [0, 0.1) is 5.41 Å². The summed E-state index contributed by atoms with van der Waals surface area (Å²) in [5, 5.41) is 5.35. The Bertz CT molecular complexity index is 658. The molecule has 2 nitrogen and oxygen atoms in total. The van der Waals surface area contributed by atoms with Gasteiger partial charge in [-0.05, 0) is 16.9 Å². The van der Waals surface area contributed by atoms with Crippen molar-refractivity contribution in [2.45, 2.75) is 87.0 Å². The Hall–Kier alpha value is -1.26. The van der Waals surface area contributed by atoms with Crippen LogP contribution in [-0.2, 0) is 10.8 Å². The van der Waals surface area contributed by atoms with Crippen molar-refractivity contribution in [1.29, 1.82) is 0 Å². The molecule has 0 spiro atoms. The number of nitrogens with zero attached hydrogens (tertiary/aromatic N) is 2. The van der Waals surface area contributed by atoms with Crippen LogP contribution in [-0.4, -0.2) is 11.2 Å². The van der Waals surface area contributed by atoms with Gasteiger partial charge in [0.2, 0.25) is 0 Å². The molecule has 0 radical (unpaired) electrons. The second-order valence-corrected chi connectivity index (χ2v) is 11.5. The van der Waals surface area contributed by atoms with E-state index in [0.717, 1.165) is 6.42 Å². The molecular weight excluding hydrogens is 380 g/mol. The molecule has 0 fully saturated rings. The van der Waals surface area contributed by atoms with Gasteiger partial charge in [-0.3, -0.25) is 4.99 Å². The first-order chi connectivity index (χ1) is 12.3. The van der Waals surface area contributed by atoms with Crippen LogP contribution in [0.2, 0.25) is 0 Å². The molecule has 1 aliphatic heterocycles. The van der Waals surface area contributed by atoms with Gasteiger partial charge in [-0.25, -0.2) is 4.98 Å². The van der Waals surface area contributed by atoms with Gasteiger partial charge in [0.25, 0.3) is 0 Å². The molecule has 3 rings (SSSR count). The maximum atomic E-state index is 4.24. The molecular formula is C24H40N2S2. The summed E-state index contributed by atoms with van der Waals surface area (Å²) >= 11 is 3.55. The quantitative estimate of drug-likeness (QED) is 0.419. The molecule has 0 atom stereocenters. The van der Waals surface area contributed by atoms with Gasteiger partial charge in [0.15, 0.2) is 0 Å². The fourth-order valence-corrected chi connectivity index (χ4v) is 3.71. The first-order valence-corrected chi connectivity index (χ1v) is 11.2. The zero-order chi connectivity index (χ0) is 20.7. The molecule has 158 valence electrons. The minimum atomic E-state index is 0. The van der Waals surface area contributed by atoms with E-state index in [2.05, 4.69) is 95.9 Å². The number of rotatable bonds is 0. The van der Waals surface area contributed by atoms with E-state index in [-0.39, 0.29) is 18.3 Å². The standard InChI is InChI=1S/C8H13N.C8H12S.C7H11NS.CH4/c2*1-8(2,3)7-5-4-6-9-7;1-7(2,3)6-8-4-5-9-6;/h5-6H,4H2,1-3H3;4-6H,1-3H3;4-5H,1-3H3;1H4. The van der Waals surface area contributed by atoms with E-state index >= 15 is 0 Å². The summed E-state index contributed by atoms with van der Waals surface area (Å²) in [6.45, 7) is 19.8. The molecule has 1 aliphatic rings. The van der Waals surface area contributed by atoms with Gasteiger partial charge in [0.05, 0.1) is 5.01 Å². The van der Waals surface area contributed by atoms with Gasteiger partial charge in [-0.2, -0.15) is 0 Å². The van der Waals surface area contributed by atoms with Crippen molar-refractivity contribution in [3.05, 3.63) is 50.7 Å². The Kier molecular flexibility index (Phi) is 10.6. The molecule has 3 heterocycles. The van der Waals surface area contributed by atoms with E-state index in [1.807, 2.05) is 29.1 Å². The van der Waals surface area contributed by atoms with E-state index in [1.54, 1.807) is 11.3 Å². The van der Waals surface area contributed by atoms with Crippen LogP contribution in [0.25, 0.3) is 0 Å². The molecule has 2 aromatic heterocycles. The van der Waals surface area contributed by atoms with Gasteiger partial charge < -0.3 is 0 Å². The summed E-state index contributed by atoms with van der Waals surface area (Å²) in [5.41, 5.74) is 2.04. The fourth-order valence-electron chi connectivity index (χ4n) is 2.17. The molecule has 0 unspecified atom stereocenters. The SMILES string of the molecule is C.CC(C)(C)C1=CCC=N1.CC(C)(C)c1cccs1.CC(C)(C)c1nccs1. The third kappa shape index (κ3) is 9.79. The monoisotopic (exact) mass is 420 g/mol. The van der Waals surface area contributed by atoms with Crippen LogP contribution >= 0.6 is 22.7 Å². The lowest BCUT2D eigenvalue weighted by Crippen LogP contribution is -2.09. The highest BCUT2D eigenvalue weighted by Crippen LogP contribution is 2.28. The third-order valence-electron chi connectivity index (χ3n) is 3.75. The highest BCUT2D eigenvalue weighted by atomic mass is 32.1. The predicted molar refractivity (Wildman–Crippen MR) is 131 cm³/mol. The van der Waals surface area contributed by atoms with Gasteiger partial charge in [0, 0.05) is 45.6 Å². The summed E-state index contributed by atoms with van der Waals surface area (Å²) in [5.74, 6) is 0. The minimum Gasteiger partial charge on any atom is -0.265 e. The maximum Gasteiger partial charge on any atom is 0.0978 e. The molecule has 4 heteroatoms. The Balaban J connectivity index is 0.000000384. The van der Waals surface area contributed by atoms with Gasteiger partial charge in [-0.1, -0.05) is 81.9 Å². The molecule has 0 N–H and O–H groups in total. The number of aromatic nitrogens is 1. The van der Waals surface area contributed by atoms with Crippen molar-refractivity contribution in [2.24, 2.45) is 10.4 Å². The van der Waals surface area contributed by atoms with Crippen molar-refractivity contribution in [2.75, 3.05) is 0 Å². The third-order valence-corrected chi connectivity index (χ3v) is 6.24. The molecule has 0 saturated carbocycles. The summed E-state index contributed by atoms with van der Waals surface area (Å²) in [6, 6.07) is 4.29. The molecule has 0 aliphatic carbocycles. The van der Waals surface area contributed by atoms with Crippen molar-refractivity contribution in [3.8, 4) is 0 Å². The Morgan fingerprint density at radius 3 is 1.68 bits per heavy atom. The molecule has 0 bridgehead atoms. The van der Waals surface area contributed by atoms with E-state index in [9.17, 15) is 0 Å². The first kappa shape index (κ1) is 26.7. The number of allylic oxidation sites excluding steroid dienone is 2. The largest absolute Gasteiger partial charge is 0.265 e. The summed E-state index contributed by atoms with van der Waals surface area (Å²) in [4.78, 5) is 9.91. The second-order valence-electron chi connectivity index (χ2n) is 9.70. The highest BCUT2D eigenvalue weighted by molar-refractivity contribution is 7.10. The van der Waals surface area contributed by atoms with Crippen LogP contribution in [0.4, 0.5) is 0 Å². The molecule has 0 amide bonds. The van der Waals surface area contributed by atoms with E-state index in [4.69, 9.17) is 0 Å². The van der Waals surface area contributed by atoms with Crippen molar-refractivity contribution >= 4 is 28.9 Å². The molecule has 28 heavy (non-hydrogen) atoms. The van der Waals surface area contributed by atoms with Crippen LogP contribution in [0.15, 0.2) is 45.9 Å². The summed E-state index contributed by atoms with van der Waals surface area (Å²) < 4.78 is 0. The molecule has 2 aromatic rings. The molecule has 0 saturated heterocycles. The van der Waals surface area contributed by atoms with Gasteiger partial charge in [0.1, 0.15) is 0 Å². The number of thiazole rings is 1. The smallest absolute Gasteiger partial charge is 0.0978 e. The van der Waals surface area contributed by atoms with Crippen LogP contribution in [0.1, 0.15) is 86.0 Å². The van der Waals surface area contributed by atoms with Crippen LogP contribution < -0.4 is 0 Å². The summed E-state index contributed by atoms with van der Waals surface area (Å²) in [6.07, 6.45) is 7.01. The lowest BCUT2D eigenvalue weighted by atomic mass is 9.92. The lowest BCUT2D eigenvalue weighted by Gasteiger charge is -2.16. The van der Waals surface area contributed by atoms with Crippen molar-refractivity contribution in [1.82, 2.24) is 4.98 Å². The lowest BCUT2D eigenvalue weighted by molar-refractivity contribution is 0.500. The molecule has 0 aromatic carbocycles. The predicted octanol–water partition coefficient (Wildman–Crippen LogP) is 8.51. The normalized spacial score (nSPS) is 13.5. The Morgan fingerprint density at radius 2 is 1.46 bits per heavy atom. The van der Waals surface area contributed by atoms with E-state index in [1.165, 1.54) is 15.6 Å². The second kappa shape index (κ2) is 11.1. The van der Waals surface area contributed by atoms with E-state index < -0.39 is 0 Å². The first-order valence-electron chi connectivity index (χ1n) is 9.49. The summed E-state index contributed by atoms with van der Waals surface area (Å²) in [7, 11) is 0. The maximum absolute atomic E-state index is 4.24. The number of hydrogen-bond donors (Lipinski definition) is 0. The number of thiophene rings is 1. The zero-order valence-electron chi connectivity index (χ0n) is 18.5. The highest BCUT2D eigenvalue weighted by Gasteiger charge is 2.17. The number of aliphatic imine (C=N–C) groups is 1. The van der Waals surface area contributed by atoms with Gasteiger partial charge >= 0.3 is 0 Å². The fraction of sp³-hybridized carbons (Fsp3) is 0.583. The van der Waals surface area contributed by atoms with Crippen LogP contribution in [0.3, 0.4) is 0 Å². The van der Waals surface area contributed by atoms with Crippen LogP contribution in [0.5, 0.6) is 0 Å². The van der Waals surface area contributed by atoms with Gasteiger partial charge in [-0.15, -0.1) is 22.7 Å².